The summed E-state index contributed by atoms with van der Waals surface area (Å²) >= 11 is 0. The Balaban J connectivity index is 1.56. The first kappa shape index (κ1) is 20.2. The SMILES string of the molecule is CCC1CCc2onc(C(=O)Nc3c(C)nn(Cc4ccccc4OC)c3C)c2C1. The van der Waals surface area contributed by atoms with Gasteiger partial charge < -0.3 is 14.6 Å². The molecule has 1 amide bonds. The molecular weight excluding hydrogens is 380 g/mol. The molecule has 1 atom stereocenters. The van der Waals surface area contributed by atoms with Crippen molar-refractivity contribution in [1.82, 2.24) is 14.9 Å². The van der Waals surface area contributed by atoms with Gasteiger partial charge in [0.2, 0.25) is 0 Å². The molecule has 1 unspecified atom stereocenters. The lowest BCUT2D eigenvalue weighted by atomic mass is 9.85. The van der Waals surface area contributed by atoms with E-state index in [2.05, 4.69) is 22.5 Å². The zero-order chi connectivity index (χ0) is 21.3. The molecule has 7 nitrogen and oxygen atoms in total. The summed E-state index contributed by atoms with van der Waals surface area (Å²) in [7, 11) is 1.66. The zero-order valence-electron chi connectivity index (χ0n) is 18.0. The molecule has 0 spiro atoms. The summed E-state index contributed by atoms with van der Waals surface area (Å²) in [6.45, 7) is 6.60. The molecule has 0 saturated carbocycles. The van der Waals surface area contributed by atoms with Crippen LogP contribution in [-0.2, 0) is 19.4 Å². The first-order chi connectivity index (χ1) is 14.5. The normalized spacial score (nSPS) is 15.7. The van der Waals surface area contributed by atoms with Crippen molar-refractivity contribution in [2.24, 2.45) is 5.92 Å². The second-order valence-corrected chi connectivity index (χ2v) is 7.92. The number of methoxy groups -OCH3 is 1. The van der Waals surface area contributed by atoms with Crippen LogP contribution in [0.4, 0.5) is 5.69 Å². The van der Waals surface area contributed by atoms with Gasteiger partial charge in [-0.25, -0.2) is 0 Å². The van der Waals surface area contributed by atoms with Gasteiger partial charge in [0.1, 0.15) is 11.5 Å². The molecule has 0 fully saturated rings. The molecule has 1 aliphatic rings. The number of benzene rings is 1. The lowest BCUT2D eigenvalue weighted by Gasteiger charge is -2.19. The number of amides is 1. The highest BCUT2D eigenvalue weighted by Crippen LogP contribution is 2.31. The Morgan fingerprint density at radius 2 is 2.13 bits per heavy atom. The molecule has 0 bridgehead atoms. The van der Waals surface area contributed by atoms with Crippen LogP contribution in [0.5, 0.6) is 5.75 Å². The number of aromatic nitrogens is 3. The van der Waals surface area contributed by atoms with E-state index in [9.17, 15) is 4.79 Å². The van der Waals surface area contributed by atoms with Crippen LogP contribution in [0.2, 0.25) is 0 Å². The lowest BCUT2D eigenvalue weighted by Crippen LogP contribution is -2.19. The molecule has 0 radical (unpaired) electrons. The number of carbonyl (C=O) groups excluding carboxylic acids is 1. The van der Waals surface area contributed by atoms with Gasteiger partial charge in [-0.3, -0.25) is 9.48 Å². The smallest absolute Gasteiger partial charge is 0.278 e. The van der Waals surface area contributed by atoms with E-state index in [1.165, 1.54) is 0 Å². The second kappa shape index (κ2) is 8.34. The summed E-state index contributed by atoms with van der Waals surface area (Å²) in [4.78, 5) is 13.0. The quantitative estimate of drug-likeness (QED) is 0.657. The lowest BCUT2D eigenvalue weighted by molar-refractivity contribution is 0.101. The Bertz CT molecular complexity index is 1070. The van der Waals surface area contributed by atoms with Gasteiger partial charge in [-0.05, 0) is 38.7 Å². The fourth-order valence-electron chi connectivity index (χ4n) is 4.20. The number of hydrogen-bond donors (Lipinski definition) is 1. The van der Waals surface area contributed by atoms with Crippen molar-refractivity contribution >= 4 is 11.6 Å². The number of ether oxygens (including phenoxy) is 1. The van der Waals surface area contributed by atoms with Crippen LogP contribution in [0.25, 0.3) is 0 Å². The van der Waals surface area contributed by atoms with Gasteiger partial charge in [-0.15, -0.1) is 0 Å². The molecule has 4 rings (SSSR count). The highest BCUT2D eigenvalue weighted by molar-refractivity contribution is 6.04. The Morgan fingerprint density at radius 3 is 2.90 bits per heavy atom. The van der Waals surface area contributed by atoms with Crippen LogP contribution in [0.3, 0.4) is 0 Å². The van der Waals surface area contributed by atoms with Crippen LogP contribution in [0.1, 0.15) is 58.5 Å². The predicted molar refractivity (Wildman–Crippen MR) is 114 cm³/mol. The van der Waals surface area contributed by atoms with Crippen LogP contribution in [0.15, 0.2) is 28.8 Å². The number of fused-ring (bicyclic) bond motifs is 1. The average molecular weight is 409 g/mol. The molecule has 1 aliphatic carbocycles. The molecule has 2 heterocycles. The first-order valence-electron chi connectivity index (χ1n) is 10.5. The minimum Gasteiger partial charge on any atom is -0.496 e. The number of hydrogen-bond acceptors (Lipinski definition) is 5. The van der Waals surface area contributed by atoms with Crippen molar-refractivity contribution in [3.63, 3.8) is 0 Å². The molecule has 2 aromatic heterocycles. The minimum atomic E-state index is -0.236. The van der Waals surface area contributed by atoms with E-state index in [0.717, 1.165) is 65.4 Å². The van der Waals surface area contributed by atoms with Gasteiger partial charge >= 0.3 is 0 Å². The van der Waals surface area contributed by atoms with E-state index in [1.54, 1.807) is 7.11 Å². The molecule has 1 aromatic carbocycles. The van der Waals surface area contributed by atoms with E-state index in [1.807, 2.05) is 42.8 Å². The molecule has 3 aromatic rings. The van der Waals surface area contributed by atoms with Crippen molar-refractivity contribution in [2.45, 2.75) is 53.0 Å². The van der Waals surface area contributed by atoms with Gasteiger partial charge in [0, 0.05) is 17.5 Å². The summed E-state index contributed by atoms with van der Waals surface area (Å²) < 4.78 is 12.8. The van der Waals surface area contributed by atoms with Gasteiger partial charge in [0.25, 0.3) is 5.91 Å². The average Bonchev–Trinajstić information content (AvgIpc) is 3.30. The highest BCUT2D eigenvalue weighted by Gasteiger charge is 2.28. The summed E-state index contributed by atoms with van der Waals surface area (Å²) in [5.74, 6) is 2.01. The monoisotopic (exact) mass is 408 g/mol. The van der Waals surface area contributed by atoms with Crippen molar-refractivity contribution in [1.29, 1.82) is 0 Å². The van der Waals surface area contributed by atoms with Crippen molar-refractivity contribution in [3.05, 3.63) is 58.2 Å². The summed E-state index contributed by atoms with van der Waals surface area (Å²) in [6, 6.07) is 7.86. The third kappa shape index (κ3) is 3.72. The van der Waals surface area contributed by atoms with Gasteiger partial charge in [0.05, 0.1) is 30.7 Å². The van der Waals surface area contributed by atoms with E-state index in [0.29, 0.717) is 18.2 Å². The number of anilines is 1. The van der Waals surface area contributed by atoms with E-state index in [4.69, 9.17) is 9.26 Å². The number of nitrogens with one attached hydrogen (secondary N) is 1. The molecule has 30 heavy (non-hydrogen) atoms. The van der Waals surface area contributed by atoms with Crippen molar-refractivity contribution in [2.75, 3.05) is 12.4 Å². The van der Waals surface area contributed by atoms with Gasteiger partial charge in [0.15, 0.2) is 5.69 Å². The fourth-order valence-corrected chi connectivity index (χ4v) is 4.20. The number of nitrogens with zero attached hydrogens (tertiary/aromatic N) is 3. The summed E-state index contributed by atoms with van der Waals surface area (Å²) in [5, 5.41) is 11.7. The Morgan fingerprint density at radius 1 is 1.33 bits per heavy atom. The van der Waals surface area contributed by atoms with E-state index >= 15 is 0 Å². The molecule has 158 valence electrons. The third-order valence-electron chi connectivity index (χ3n) is 6.07. The summed E-state index contributed by atoms with van der Waals surface area (Å²) in [5.41, 5.74) is 4.76. The zero-order valence-corrected chi connectivity index (χ0v) is 18.0. The molecule has 7 heteroatoms. The largest absolute Gasteiger partial charge is 0.496 e. The Hall–Kier alpha value is -3.09. The molecule has 0 saturated heterocycles. The minimum absolute atomic E-state index is 0.236. The van der Waals surface area contributed by atoms with Crippen LogP contribution < -0.4 is 10.1 Å². The number of rotatable bonds is 6. The van der Waals surface area contributed by atoms with Gasteiger partial charge in [-0.2, -0.15) is 5.10 Å². The predicted octanol–water partition coefficient (Wildman–Crippen LogP) is 4.31. The molecule has 1 N–H and O–H groups in total. The Labute approximate surface area is 176 Å². The van der Waals surface area contributed by atoms with Gasteiger partial charge in [-0.1, -0.05) is 36.7 Å². The van der Waals surface area contributed by atoms with E-state index < -0.39 is 0 Å². The third-order valence-corrected chi connectivity index (χ3v) is 6.07. The number of para-hydroxylation sites is 1. The van der Waals surface area contributed by atoms with Crippen molar-refractivity contribution < 1.29 is 14.1 Å². The Kier molecular flexibility index (Phi) is 5.61. The van der Waals surface area contributed by atoms with Crippen molar-refractivity contribution in [3.8, 4) is 5.75 Å². The topological polar surface area (TPSA) is 82.2 Å². The van der Waals surface area contributed by atoms with Crippen LogP contribution in [-0.4, -0.2) is 28.0 Å². The molecule has 0 aliphatic heterocycles. The maximum Gasteiger partial charge on any atom is 0.278 e. The highest BCUT2D eigenvalue weighted by atomic mass is 16.5. The number of carbonyl (C=O) groups is 1. The maximum atomic E-state index is 13.0. The fraction of sp³-hybridized carbons (Fsp3) is 0.435. The standard InChI is InChI=1S/C23H28N4O3/c1-5-16-10-11-20-18(12-16)22(26-30-20)23(28)24-21-14(2)25-27(15(21)3)13-17-8-6-7-9-19(17)29-4/h6-9,16H,5,10-13H2,1-4H3,(H,24,28). The van der Waals surface area contributed by atoms with Crippen LogP contribution >= 0.6 is 0 Å². The first-order valence-corrected chi connectivity index (χ1v) is 10.5. The van der Waals surface area contributed by atoms with Crippen LogP contribution in [0, 0.1) is 19.8 Å². The summed E-state index contributed by atoms with van der Waals surface area (Å²) in [6.07, 6.45) is 3.89. The molecular formula is C23H28N4O3. The maximum absolute atomic E-state index is 13.0. The second-order valence-electron chi connectivity index (χ2n) is 7.92. The number of aryl methyl sites for hydroxylation is 2. The van der Waals surface area contributed by atoms with E-state index in [-0.39, 0.29) is 5.91 Å².